The van der Waals surface area contributed by atoms with Gasteiger partial charge < -0.3 is 10.1 Å². The largest absolute Gasteiger partial charge is 0.496 e. The number of carbonyl (C=O) groups excluding carboxylic acids is 1. The quantitative estimate of drug-likeness (QED) is 0.700. The predicted octanol–water partition coefficient (Wildman–Crippen LogP) is 4.62. The monoisotopic (exact) mass is 445 g/mol. The van der Waals surface area contributed by atoms with Gasteiger partial charge in [0.2, 0.25) is 0 Å². The fourth-order valence-corrected chi connectivity index (χ4v) is 2.96. The Bertz CT molecular complexity index is 658. The molecule has 0 aliphatic heterocycles. The van der Waals surface area contributed by atoms with Crippen LogP contribution in [0, 0.1) is 10.5 Å². The number of aryl methyl sites for hydroxylation is 1. The van der Waals surface area contributed by atoms with E-state index in [1.54, 1.807) is 25.3 Å². The minimum Gasteiger partial charge on any atom is -0.496 e. The summed E-state index contributed by atoms with van der Waals surface area (Å²) >= 11 is 5.63. The van der Waals surface area contributed by atoms with Gasteiger partial charge in [0.25, 0.3) is 5.91 Å². The fourth-order valence-electron chi connectivity index (χ4n) is 1.77. The molecule has 0 saturated heterocycles. The number of anilines is 1. The van der Waals surface area contributed by atoms with Crippen LogP contribution in [0.2, 0.25) is 0 Å². The molecule has 0 heterocycles. The molecule has 0 spiro atoms. The van der Waals surface area contributed by atoms with Crippen molar-refractivity contribution in [3.05, 3.63) is 55.6 Å². The van der Waals surface area contributed by atoms with Gasteiger partial charge in [0.15, 0.2) is 0 Å². The Labute approximate surface area is 140 Å². The lowest BCUT2D eigenvalue weighted by molar-refractivity contribution is 0.102. The molecule has 1 N–H and O–H groups in total. The van der Waals surface area contributed by atoms with E-state index in [0.29, 0.717) is 11.3 Å². The average Bonchev–Trinajstić information content (AvgIpc) is 2.41. The Morgan fingerprint density at radius 2 is 2.00 bits per heavy atom. The van der Waals surface area contributed by atoms with E-state index in [1.807, 2.05) is 25.1 Å². The minimum absolute atomic E-state index is 0.141. The molecule has 0 aliphatic carbocycles. The lowest BCUT2D eigenvalue weighted by Gasteiger charge is -2.10. The Balaban J connectivity index is 2.21. The van der Waals surface area contributed by atoms with Crippen molar-refractivity contribution in [2.45, 2.75) is 6.92 Å². The maximum Gasteiger partial charge on any atom is 0.255 e. The van der Waals surface area contributed by atoms with E-state index >= 15 is 0 Å². The topological polar surface area (TPSA) is 38.3 Å². The van der Waals surface area contributed by atoms with Crippen molar-refractivity contribution >= 4 is 50.1 Å². The number of methoxy groups -OCH3 is 1. The number of rotatable bonds is 3. The molecule has 0 radical (unpaired) electrons. The molecular formula is C15H13BrINO2. The number of benzene rings is 2. The summed E-state index contributed by atoms with van der Waals surface area (Å²) < 4.78 is 7.05. The highest BCUT2D eigenvalue weighted by Gasteiger charge is 2.10. The van der Waals surface area contributed by atoms with Crippen LogP contribution in [-0.4, -0.2) is 13.0 Å². The van der Waals surface area contributed by atoms with Crippen molar-refractivity contribution in [2.75, 3.05) is 12.4 Å². The molecular weight excluding hydrogens is 433 g/mol. The van der Waals surface area contributed by atoms with E-state index in [1.165, 1.54) is 0 Å². The first-order chi connectivity index (χ1) is 9.51. The molecule has 3 nitrogen and oxygen atoms in total. The second-order valence-corrected chi connectivity index (χ2v) is 6.36. The Morgan fingerprint density at radius 3 is 2.60 bits per heavy atom. The van der Waals surface area contributed by atoms with Crippen LogP contribution in [0.25, 0.3) is 0 Å². The first-order valence-corrected chi connectivity index (χ1v) is 7.79. The van der Waals surface area contributed by atoms with Crippen LogP contribution < -0.4 is 10.1 Å². The molecule has 0 bridgehead atoms. The fraction of sp³-hybridized carbons (Fsp3) is 0.133. The van der Waals surface area contributed by atoms with Crippen molar-refractivity contribution in [3.8, 4) is 5.75 Å². The normalized spacial score (nSPS) is 10.2. The average molecular weight is 446 g/mol. The standard InChI is InChI=1S/C15H13BrINO2/c1-9-7-11(17)4-5-13(9)18-15(19)10-3-6-14(20-2)12(16)8-10/h3-8H,1-2H3,(H,18,19). The van der Waals surface area contributed by atoms with Gasteiger partial charge in [-0.2, -0.15) is 0 Å². The lowest BCUT2D eigenvalue weighted by atomic mass is 10.1. The zero-order chi connectivity index (χ0) is 14.7. The van der Waals surface area contributed by atoms with Gasteiger partial charge in [0.1, 0.15) is 5.75 Å². The van der Waals surface area contributed by atoms with Crippen LogP contribution in [0.15, 0.2) is 40.9 Å². The molecule has 0 unspecified atom stereocenters. The number of hydrogen-bond donors (Lipinski definition) is 1. The number of halogens is 2. The van der Waals surface area contributed by atoms with E-state index in [2.05, 4.69) is 43.8 Å². The summed E-state index contributed by atoms with van der Waals surface area (Å²) in [4.78, 5) is 12.2. The van der Waals surface area contributed by atoms with Crippen molar-refractivity contribution in [2.24, 2.45) is 0 Å². The van der Waals surface area contributed by atoms with Crippen molar-refractivity contribution < 1.29 is 9.53 Å². The summed E-state index contributed by atoms with van der Waals surface area (Å²) in [5, 5.41) is 2.91. The van der Waals surface area contributed by atoms with E-state index in [9.17, 15) is 4.79 Å². The number of hydrogen-bond acceptors (Lipinski definition) is 2. The van der Waals surface area contributed by atoms with Crippen LogP contribution in [0.3, 0.4) is 0 Å². The molecule has 0 aliphatic rings. The molecule has 0 aromatic heterocycles. The number of amides is 1. The first kappa shape index (κ1) is 15.3. The third kappa shape index (κ3) is 3.52. The van der Waals surface area contributed by atoms with Crippen LogP contribution in [0.1, 0.15) is 15.9 Å². The van der Waals surface area contributed by atoms with Gasteiger partial charge in [0, 0.05) is 14.8 Å². The SMILES string of the molecule is COc1ccc(C(=O)Nc2ccc(I)cc2C)cc1Br. The summed E-state index contributed by atoms with van der Waals surface area (Å²) in [7, 11) is 1.59. The highest BCUT2D eigenvalue weighted by Crippen LogP contribution is 2.26. The molecule has 0 saturated carbocycles. The maximum atomic E-state index is 12.2. The van der Waals surface area contributed by atoms with Crippen LogP contribution >= 0.6 is 38.5 Å². The molecule has 1 amide bonds. The van der Waals surface area contributed by atoms with Gasteiger partial charge in [-0.25, -0.2) is 0 Å². The first-order valence-electron chi connectivity index (χ1n) is 5.92. The number of nitrogens with one attached hydrogen (secondary N) is 1. The molecule has 0 fully saturated rings. The van der Waals surface area contributed by atoms with Gasteiger partial charge >= 0.3 is 0 Å². The van der Waals surface area contributed by atoms with E-state index in [4.69, 9.17) is 4.74 Å². The zero-order valence-corrected chi connectivity index (χ0v) is 14.8. The van der Waals surface area contributed by atoms with E-state index in [0.717, 1.165) is 19.3 Å². The van der Waals surface area contributed by atoms with Gasteiger partial charge in [-0.05, 0) is 87.4 Å². The second kappa shape index (κ2) is 6.58. The number of carbonyl (C=O) groups is 1. The second-order valence-electron chi connectivity index (χ2n) is 4.26. The van der Waals surface area contributed by atoms with Crippen LogP contribution in [-0.2, 0) is 0 Å². The van der Waals surface area contributed by atoms with Crippen LogP contribution in [0.5, 0.6) is 5.75 Å². The minimum atomic E-state index is -0.141. The molecule has 0 atom stereocenters. The Morgan fingerprint density at radius 1 is 1.25 bits per heavy atom. The number of ether oxygens (including phenoxy) is 1. The van der Waals surface area contributed by atoms with Crippen LogP contribution in [0.4, 0.5) is 5.69 Å². The molecule has 104 valence electrons. The van der Waals surface area contributed by atoms with Crippen molar-refractivity contribution in [1.82, 2.24) is 0 Å². The summed E-state index contributed by atoms with van der Waals surface area (Å²) in [5.41, 5.74) is 2.44. The van der Waals surface area contributed by atoms with Crippen molar-refractivity contribution in [3.63, 3.8) is 0 Å². The Kier molecular flexibility index (Phi) is 5.04. The summed E-state index contributed by atoms with van der Waals surface area (Å²) in [6.07, 6.45) is 0. The van der Waals surface area contributed by atoms with Gasteiger partial charge in [-0.1, -0.05) is 0 Å². The summed E-state index contributed by atoms with van der Waals surface area (Å²) in [6.45, 7) is 1.97. The maximum absolute atomic E-state index is 12.2. The molecule has 2 rings (SSSR count). The molecule has 2 aromatic rings. The zero-order valence-electron chi connectivity index (χ0n) is 11.0. The lowest BCUT2D eigenvalue weighted by Crippen LogP contribution is -2.12. The van der Waals surface area contributed by atoms with E-state index in [-0.39, 0.29) is 5.91 Å². The third-order valence-corrected chi connectivity index (χ3v) is 4.14. The smallest absolute Gasteiger partial charge is 0.255 e. The highest BCUT2D eigenvalue weighted by atomic mass is 127. The third-order valence-electron chi connectivity index (χ3n) is 2.85. The van der Waals surface area contributed by atoms with Gasteiger partial charge in [-0.15, -0.1) is 0 Å². The van der Waals surface area contributed by atoms with Crippen molar-refractivity contribution in [1.29, 1.82) is 0 Å². The molecule has 2 aromatic carbocycles. The highest BCUT2D eigenvalue weighted by molar-refractivity contribution is 14.1. The van der Waals surface area contributed by atoms with Gasteiger partial charge in [-0.3, -0.25) is 4.79 Å². The summed E-state index contributed by atoms with van der Waals surface area (Å²) in [6, 6.07) is 11.2. The molecule has 20 heavy (non-hydrogen) atoms. The van der Waals surface area contributed by atoms with E-state index < -0.39 is 0 Å². The van der Waals surface area contributed by atoms with Gasteiger partial charge in [0.05, 0.1) is 11.6 Å². The molecule has 5 heteroatoms. The predicted molar refractivity (Wildman–Crippen MR) is 92.5 cm³/mol. The summed E-state index contributed by atoms with van der Waals surface area (Å²) in [5.74, 6) is 0.560. The Hall–Kier alpha value is -1.08.